The minimum Gasteiger partial charge on any atom is -0.463 e. The van der Waals surface area contributed by atoms with Crippen molar-refractivity contribution in [3.05, 3.63) is 45.5 Å². The molecule has 5 heteroatoms. The largest absolute Gasteiger partial charge is 0.463 e. The van der Waals surface area contributed by atoms with E-state index < -0.39 is 0 Å². The molecule has 0 saturated heterocycles. The summed E-state index contributed by atoms with van der Waals surface area (Å²) in [5, 5.41) is 3.90. The lowest BCUT2D eigenvalue weighted by molar-refractivity contribution is 0.0959. The minimum absolute atomic E-state index is 0.147. The van der Waals surface area contributed by atoms with Crippen LogP contribution in [-0.2, 0) is 12.8 Å². The van der Waals surface area contributed by atoms with Crippen molar-refractivity contribution in [1.29, 1.82) is 0 Å². The van der Waals surface area contributed by atoms with Crippen LogP contribution in [0.4, 0.5) is 0 Å². The first kappa shape index (κ1) is 13.1. The quantitative estimate of drug-likeness (QED) is 0.535. The zero-order valence-corrected chi connectivity index (χ0v) is 11.9. The molecule has 0 fully saturated rings. The molecule has 0 aromatic carbocycles. The van der Waals surface area contributed by atoms with Crippen LogP contribution in [0.25, 0.3) is 0 Å². The predicted molar refractivity (Wildman–Crippen MR) is 79.3 cm³/mol. The molecule has 2 aromatic heterocycles. The summed E-state index contributed by atoms with van der Waals surface area (Å²) in [6.07, 6.45) is 9.00. The fourth-order valence-corrected chi connectivity index (χ4v) is 3.50. The van der Waals surface area contributed by atoms with Gasteiger partial charge >= 0.3 is 0 Å². The maximum absolute atomic E-state index is 12.0. The van der Waals surface area contributed by atoms with E-state index in [1.807, 2.05) is 6.07 Å². The van der Waals surface area contributed by atoms with Crippen LogP contribution in [0.5, 0.6) is 0 Å². The first-order chi connectivity index (χ1) is 9.83. The molecule has 20 heavy (non-hydrogen) atoms. The van der Waals surface area contributed by atoms with Crippen molar-refractivity contribution >= 4 is 23.5 Å². The average molecular weight is 288 g/mol. The lowest BCUT2D eigenvalue weighted by Crippen LogP contribution is -2.16. The number of hydrogen-bond acceptors (Lipinski definition) is 4. The molecule has 1 amide bonds. The van der Waals surface area contributed by atoms with E-state index in [2.05, 4.69) is 10.5 Å². The van der Waals surface area contributed by atoms with Crippen molar-refractivity contribution in [2.45, 2.75) is 32.1 Å². The topological polar surface area (TPSA) is 54.6 Å². The van der Waals surface area contributed by atoms with E-state index in [9.17, 15) is 4.79 Å². The first-order valence-electron chi connectivity index (χ1n) is 6.81. The third kappa shape index (κ3) is 2.99. The number of furan rings is 1. The van der Waals surface area contributed by atoms with Gasteiger partial charge in [-0.2, -0.15) is 5.10 Å². The molecule has 0 atom stereocenters. The van der Waals surface area contributed by atoms with Crippen LogP contribution in [0.1, 0.15) is 45.1 Å². The van der Waals surface area contributed by atoms with Gasteiger partial charge in [0.05, 0.1) is 17.4 Å². The summed E-state index contributed by atoms with van der Waals surface area (Å²) in [6, 6.07) is 5.57. The molecule has 0 unspecified atom stereocenters. The van der Waals surface area contributed by atoms with Gasteiger partial charge in [0.25, 0.3) is 5.91 Å². The van der Waals surface area contributed by atoms with Gasteiger partial charge in [-0.25, -0.2) is 5.43 Å². The Morgan fingerprint density at radius 2 is 2.25 bits per heavy atom. The zero-order valence-electron chi connectivity index (χ0n) is 11.1. The van der Waals surface area contributed by atoms with E-state index >= 15 is 0 Å². The van der Waals surface area contributed by atoms with Crippen molar-refractivity contribution in [3.8, 4) is 0 Å². The monoisotopic (exact) mass is 288 g/mol. The highest BCUT2D eigenvalue weighted by Crippen LogP contribution is 2.28. The molecule has 0 aliphatic heterocycles. The number of fused-ring (bicyclic) bond motifs is 1. The second-order valence-electron chi connectivity index (χ2n) is 4.83. The average Bonchev–Trinajstić information content (AvgIpc) is 3.05. The highest BCUT2D eigenvalue weighted by molar-refractivity contribution is 7.14. The Hall–Kier alpha value is -1.88. The van der Waals surface area contributed by atoms with E-state index in [1.165, 1.54) is 35.9 Å². The van der Waals surface area contributed by atoms with E-state index in [4.69, 9.17) is 4.42 Å². The van der Waals surface area contributed by atoms with Gasteiger partial charge in [-0.15, -0.1) is 11.3 Å². The first-order valence-corrected chi connectivity index (χ1v) is 7.63. The van der Waals surface area contributed by atoms with Crippen LogP contribution in [0.3, 0.4) is 0 Å². The Balaban J connectivity index is 1.65. The van der Waals surface area contributed by atoms with Gasteiger partial charge < -0.3 is 4.42 Å². The second-order valence-corrected chi connectivity index (χ2v) is 5.97. The minimum atomic E-state index is -0.147. The molecular weight excluding hydrogens is 272 g/mol. The number of amides is 1. The molecule has 0 radical (unpaired) electrons. The van der Waals surface area contributed by atoms with Gasteiger partial charge in [0.15, 0.2) is 0 Å². The third-order valence-corrected chi connectivity index (χ3v) is 4.61. The molecule has 2 heterocycles. The standard InChI is InChI=1S/C15H16N2O2S/c18-15(17-16-10-12-6-4-8-19-12)14-9-11-5-2-1-3-7-13(11)20-14/h4,6,8-10H,1-3,5,7H2,(H,17,18)/b16-10-. The van der Waals surface area contributed by atoms with Crippen LogP contribution < -0.4 is 5.43 Å². The SMILES string of the molecule is O=C(N/N=C\c1ccco1)c1cc2c(s1)CCCCC2. The number of hydrazone groups is 1. The van der Waals surface area contributed by atoms with E-state index in [-0.39, 0.29) is 5.91 Å². The molecule has 2 aromatic rings. The van der Waals surface area contributed by atoms with Crippen molar-refractivity contribution in [2.75, 3.05) is 0 Å². The summed E-state index contributed by atoms with van der Waals surface area (Å²) in [6.45, 7) is 0. The number of rotatable bonds is 3. The van der Waals surface area contributed by atoms with E-state index in [0.29, 0.717) is 5.76 Å². The molecule has 1 aliphatic rings. The van der Waals surface area contributed by atoms with Gasteiger partial charge in [0.2, 0.25) is 0 Å². The fourth-order valence-electron chi connectivity index (χ4n) is 2.35. The maximum atomic E-state index is 12.0. The number of nitrogens with zero attached hydrogens (tertiary/aromatic N) is 1. The summed E-state index contributed by atoms with van der Waals surface area (Å²) in [5.41, 5.74) is 3.88. The van der Waals surface area contributed by atoms with Gasteiger partial charge in [-0.3, -0.25) is 4.79 Å². The second kappa shape index (κ2) is 6.05. The normalized spacial score (nSPS) is 15.0. The maximum Gasteiger partial charge on any atom is 0.281 e. The molecule has 4 nitrogen and oxygen atoms in total. The lowest BCUT2D eigenvalue weighted by Gasteiger charge is -1.95. The Labute approximate surface area is 121 Å². The Kier molecular flexibility index (Phi) is 3.97. The highest BCUT2D eigenvalue weighted by atomic mass is 32.1. The summed E-state index contributed by atoms with van der Waals surface area (Å²) in [7, 11) is 0. The summed E-state index contributed by atoms with van der Waals surface area (Å²) >= 11 is 1.60. The number of nitrogens with one attached hydrogen (secondary N) is 1. The van der Waals surface area contributed by atoms with E-state index in [1.54, 1.807) is 29.7 Å². The molecule has 0 bridgehead atoms. The van der Waals surface area contributed by atoms with Crippen molar-refractivity contribution in [1.82, 2.24) is 5.43 Å². The smallest absolute Gasteiger partial charge is 0.281 e. The van der Waals surface area contributed by atoms with Crippen LogP contribution in [0.2, 0.25) is 0 Å². The van der Waals surface area contributed by atoms with Gasteiger partial charge in [-0.1, -0.05) is 6.42 Å². The Bertz CT molecular complexity index is 590. The van der Waals surface area contributed by atoms with Crippen LogP contribution >= 0.6 is 11.3 Å². The fraction of sp³-hybridized carbons (Fsp3) is 0.333. The lowest BCUT2D eigenvalue weighted by atomic mass is 10.1. The van der Waals surface area contributed by atoms with Crippen LogP contribution in [-0.4, -0.2) is 12.1 Å². The molecule has 3 rings (SSSR count). The van der Waals surface area contributed by atoms with Crippen molar-refractivity contribution < 1.29 is 9.21 Å². The Morgan fingerprint density at radius 3 is 3.10 bits per heavy atom. The molecule has 1 N–H and O–H groups in total. The summed E-state index contributed by atoms with van der Waals surface area (Å²) < 4.78 is 5.10. The third-order valence-electron chi connectivity index (χ3n) is 3.37. The van der Waals surface area contributed by atoms with Crippen molar-refractivity contribution in [3.63, 3.8) is 0 Å². The Morgan fingerprint density at radius 1 is 1.35 bits per heavy atom. The number of thiophene rings is 1. The summed E-state index contributed by atoms with van der Waals surface area (Å²) in [5.74, 6) is 0.471. The van der Waals surface area contributed by atoms with Gasteiger partial charge in [0.1, 0.15) is 5.76 Å². The van der Waals surface area contributed by atoms with Gasteiger partial charge in [-0.05, 0) is 49.4 Å². The van der Waals surface area contributed by atoms with Crippen molar-refractivity contribution in [2.24, 2.45) is 5.10 Å². The van der Waals surface area contributed by atoms with E-state index in [0.717, 1.165) is 17.7 Å². The molecule has 0 saturated carbocycles. The predicted octanol–water partition coefficient (Wildman–Crippen LogP) is 3.37. The number of carbonyl (C=O) groups is 1. The molecule has 1 aliphatic carbocycles. The number of hydrogen-bond donors (Lipinski definition) is 1. The van der Waals surface area contributed by atoms with Gasteiger partial charge in [0, 0.05) is 4.88 Å². The molecule has 0 spiro atoms. The molecular formula is C15H16N2O2S. The highest BCUT2D eigenvalue weighted by Gasteiger charge is 2.15. The van der Waals surface area contributed by atoms with Crippen LogP contribution in [0.15, 0.2) is 34.0 Å². The zero-order chi connectivity index (χ0) is 13.8. The number of aryl methyl sites for hydroxylation is 2. The molecule has 104 valence electrons. The van der Waals surface area contributed by atoms with Crippen LogP contribution in [0, 0.1) is 0 Å². The number of carbonyl (C=O) groups excluding carboxylic acids is 1. The summed E-state index contributed by atoms with van der Waals surface area (Å²) in [4.78, 5) is 14.1.